The molecule has 1 heterocycles. The fourth-order valence-electron chi connectivity index (χ4n) is 0.935. The van der Waals surface area contributed by atoms with Crippen molar-refractivity contribution in [2.75, 3.05) is 6.26 Å². The summed E-state index contributed by atoms with van der Waals surface area (Å²) < 4.78 is 5.39. The first-order chi connectivity index (χ1) is 5.90. The fourth-order valence-corrected chi connectivity index (χ4v) is 1.19. The number of rotatable bonds is 3. The molecule has 1 aromatic rings. The molecule has 0 amide bonds. The molecule has 0 aliphatic heterocycles. The molecule has 0 saturated heterocycles. The summed E-state index contributed by atoms with van der Waals surface area (Å²) in [5.41, 5.74) is 0. The molecule has 2 rings (SSSR count). The lowest BCUT2D eigenvalue weighted by molar-refractivity contribution is 0.487. The van der Waals surface area contributed by atoms with Gasteiger partial charge in [0.05, 0.1) is 0 Å². The Morgan fingerprint density at radius 2 is 2.33 bits per heavy atom. The minimum atomic E-state index is 0.550. The molecule has 1 aliphatic rings. The highest BCUT2D eigenvalue weighted by molar-refractivity contribution is 8.01. The Bertz CT molecular complexity index is 291. The number of nitrogens with zero attached hydrogens (tertiary/aromatic N) is 2. The third-order valence-electron chi connectivity index (χ3n) is 1.73. The third-order valence-corrected chi connectivity index (χ3v) is 2.14. The summed E-state index contributed by atoms with van der Waals surface area (Å²) in [7, 11) is 0. The van der Waals surface area contributed by atoms with E-state index in [0.717, 1.165) is 5.89 Å². The van der Waals surface area contributed by atoms with E-state index in [-0.39, 0.29) is 0 Å². The van der Waals surface area contributed by atoms with Crippen molar-refractivity contribution in [2.45, 2.75) is 18.8 Å². The molecule has 0 atom stereocenters. The Kier molecular flexibility index (Phi) is 2.17. The maximum absolute atomic E-state index is 5.39. The summed E-state index contributed by atoms with van der Waals surface area (Å²) in [5.74, 6) is 1.97. The summed E-state index contributed by atoms with van der Waals surface area (Å²) in [6, 6.07) is 0. The normalized spacial score (nSPS) is 17.4. The molecule has 64 valence electrons. The summed E-state index contributed by atoms with van der Waals surface area (Å²) in [6.45, 7) is 0. The van der Waals surface area contributed by atoms with E-state index in [1.807, 2.05) is 17.7 Å². The van der Waals surface area contributed by atoms with Gasteiger partial charge in [-0.15, -0.1) is 22.0 Å². The molecule has 3 nitrogen and oxygen atoms in total. The Hall–Kier alpha value is -0.770. The molecule has 0 unspecified atom stereocenters. The van der Waals surface area contributed by atoms with E-state index in [9.17, 15) is 0 Å². The van der Waals surface area contributed by atoms with Gasteiger partial charge in [-0.3, -0.25) is 0 Å². The Morgan fingerprint density at radius 3 is 3.00 bits per heavy atom. The molecule has 1 aliphatic carbocycles. The van der Waals surface area contributed by atoms with Crippen molar-refractivity contribution < 1.29 is 4.42 Å². The second-order valence-electron chi connectivity index (χ2n) is 2.79. The summed E-state index contributed by atoms with van der Waals surface area (Å²) in [5, 5.41) is 9.79. The third kappa shape index (κ3) is 1.69. The highest BCUT2D eigenvalue weighted by atomic mass is 32.2. The number of aromatic nitrogens is 2. The topological polar surface area (TPSA) is 38.9 Å². The van der Waals surface area contributed by atoms with Gasteiger partial charge in [-0.2, -0.15) is 0 Å². The van der Waals surface area contributed by atoms with Crippen molar-refractivity contribution in [3.05, 3.63) is 17.2 Å². The van der Waals surface area contributed by atoms with E-state index < -0.39 is 0 Å². The van der Waals surface area contributed by atoms with Gasteiger partial charge in [-0.1, -0.05) is 0 Å². The molecule has 0 bridgehead atoms. The van der Waals surface area contributed by atoms with E-state index in [1.165, 1.54) is 12.8 Å². The average molecular weight is 182 g/mol. The minimum absolute atomic E-state index is 0.550. The largest absolute Gasteiger partial charge is 0.421 e. The first-order valence-corrected chi connectivity index (χ1v) is 5.21. The zero-order valence-corrected chi connectivity index (χ0v) is 7.67. The van der Waals surface area contributed by atoms with E-state index >= 15 is 0 Å². The van der Waals surface area contributed by atoms with Gasteiger partial charge in [0.2, 0.25) is 11.8 Å². The highest BCUT2D eigenvalue weighted by Crippen LogP contribution is 2.39. The first kappa shape index (κ1) is 7.86. The van der Waals surface area contributed by atoms with Gasteiger partial charge in [0.1, 0.15) is 0 Å². The van der Waals surface area contributed by atoms with Gasteiger partial charge in [0.25, 0.3) is 0 Å². The monoisotopic (exact) mass is 182 g/mol. The van der Waals surface area contributed by atoms with Gasteiger partial charge < -0.3 is 4.42 Å². The molecular weight excluding hydrogens is 172 g/mol. The first-order valence-electron chi connectivity index (χ1n) is 3.93. The average Bonchev–Trinajstić information content (AvgIpc) is 2.83. The second kappa shape index (κ2) is 3.31. The Morgan fingerprint density at radius 1 is 1.50 bits per heavy atom. The van der Waals surface area contributed by atoms with Crippen molar-refractivity contribution in [1.29, 1.82) is 0 Å². The zero-order valence-electron chi connectivity index (χ0n) is 6.86. The predicted molar refractivity (Wildman–Crippen MR) is 48.8 cm³/mol. The van der Waals surface area contributed by atoms with E-state index in [2.05, 4.69) is 10.2 Å². The van der Waals surface area contributed by atoms with Crippen LogP contribution in [-0.2, 0) is 0 Å². The molecule has 0 spiro atoms. The lowest BCUT2D eigenvalue weighted by Crippen LogP contribution is -1.75. The van der Waals surface area contributed by atoms with Gasteiger partial charge in [0, 0.05) is 12.0 Å². The molecular formula is C8H10N2OS. The summed E-state index contributed by atoms with van der Waals surface area (Å²) >= 11 is 1.62. The van der Waals surface area contributed by atoms with Crippen LogP contribution in [0, 0.1) is 0 Å². The van der Waals surface area contributed by atoms with Crippen LogP contribution in [0.15, 0.2) is 9.83 Å². The van der Waals surface area contributed by atoms with Gasteiger partial charge >= 0.3 is 0 Å². The van der Waals surface area contributed by atoms with Crippen molar-refractivity contribution in [3.63, 3.8) is 0 Å². The van der Waals surface area contributed by atoms with Crippen LogP contribution in [0.5, 0.6) is 0 Å². The second-order valence-corrected chi connectivity index (χ2v) is 3.53. The molecule has 4 heteroatoms. The molecule has 1 aromatic heterocycles. The number of hydrogen-bond acceptors (Lipinski definition) is 4. The van der Waals surface area contributed by atoms with Crippen molar-refractivity contribution in [2.24, 2.45) is 0 Å². The maximum atomic E-state index is 5.39. The van der Waals surface area contributed by atoms with Crippen LogP contribution in [0.4, 0.5) is 0 Å². The Balaban J connectivity index is 2.07. The molecule has 0 N–H and O–H groups in total. The van der Waals surface area contributed by atoms with Crippen molar-refractivity contribution in [1.82, 2.24) is 10.2 Å². The lowest BCUT2D eigenvalue weighted by atomic mass is 10.4. The zero-order chi connectivity index (χ0) is 8.39. The van der Waals surface area contributed by atoms with Crippen LogP contribution < -0.4 is 0 Å². The van der Waals surface area contributed by atoms with Crippen LogP contribution in [0.2, 0.25) is 0 Å². The smallest absolute Gasteiger partial charge is 0.241 e. The highest BCUT2D eigenvalue weighted by Gasteiger charge is 2.28. The van der Waals surface area contributed by atoms with Gasteiger partial charge in [0.15, 0.2) is 0 Å². The van der Waals surface area contributed by atoms with E-state index in [0.29, 0.717) is 11.8 Å². The van der Waals surface area contributed by atoms with Crippen LogP contribution in [0.1, 0.15) is 30.5 Å². The lowest BCUT2D eigenvalue weighted by Gasteiger charge is -1.82. The van der Waals surface area contributed by atoms with E-state index in [4.69, 9.17) is 4.42 Å². The Labute approximate surface area is 75.3 Å². The molecule has 12 heavy (non-hydrogen) atoms. The molecule has 0 aromatic carbocycles. The number of hydrogen-bond donors (Lipinski definition) is 0. The SMILES string of the molecule is CS/C=C/c1nnc(C2CC2)o1. The minimum Gasteiger partial charge on any atom is -0.421 e. The van der Waals surface area contributed by atoms with Gasteiger partial charge in [-0.05, 0) is 24.5 Å². The maximum Gasteiger partial charge on any atom is 0.241 e. The summed E-state index contributed by atoms with van der Waals surface area (Å²) in [6.07, 6.45) is 6.24. The quantitative estimate of drug-likeness (QED) is 0.719. The standard InChI is InChI=1S/C8H10N2OS/c1-12-5-4-7-9-10-8(11-7)6-2-3-6/h4-6H,2-3H2,1H3/b5-4+. The van der Waals surface area contributed by atoms with Crippen molar-refractivity contribution >= 4 is 17.8 Å². The summed E-state index contributed by atoms with van der Waals surface area (Å²) in [4.78, 5) is 0. The fraction of sp³-hybridized carbons (Fsp3) is 0.500. The van der Waals surface area contributed by atoms with Crippen LogP contribution in [0.25, 0.3) is 6.08 Å². The van der Waals surface area contributed by atoms with E-state index in [1.54, 1.807) is 11.8 Å². The van der Waals surface area contributed by atoms with Crippen LogP contribution in [-0.4, -0.2) is 16.5 Å². The van der Waals surface area contributed by atoms with Crippen LogP contribution >= 0.6 is 11.8 Å². The van der Waals surface area contributed by atoms with Gasteiger partial charge in [-0.25, -0.2) is 0 Å². The number of thioether (sulfide) groups is 1. The van der Waals surface area contributed by atoms with Crippen molar-refractivity contribution in [3.8, 4) is 0 Å². The molecule has 0 radical (unpaired) electrons. The molecule has 1 fully saturated rings. The predicted octanol–water partition coefficient (Wildman–Crippen LogP) is 2.28. The molecule has 1 saturated carbocycles. The van der Waals surface area contributed by atoms with Crippen LogP contribution in [0.3, 0.4) is 0 Å².